The average Bonchev–Trinajstić information content (AvgIpc) is 2.91. The van der Waals surface area contributed by atoms with Crippen molar-refractivity contribution in [3.05, 3.63) is 0 Å². The number of ether oxygens (including phenoxy) is 1. The van der Waals surface area contributed by atoms with Gasteiger partial charge in [-0.05, 0) is 31.7 Å². The van der Waals surface area contributed by atoms with Gasteiger partial charge in [0.25, 0.3) is 0 Å². The van der Waals surface area contributed by atoms with Crippen molar-refractivity contribution in [3.8, 4) is 0 Å². The first kappa shape index (κ1) is 16.7. The van der Waals surface area contributed by atoms with E-state index in [1.165, 1.54) is 6.42 Å². The molecule has 0 aromatic heterocycles. The van der Waals surface area contributed by atoms with Crippen LogP contribution >= 0.6 is 0 Å². The van der Waals surface area contributed by atoms with E-state index in [1.54, 1.807) is 0 Å². The van der Waals surface area contributed by atoms with Crippen LogP contribution in [0.2, 0.25) is 0 Å². The monoisotopic (exact) mass is 298 g/mol. The summed E-state index contributed by atoms with van der Waals surface area (Å²) < 4.78 is 5.44. The van der Waals surface area contributed by atoms with E-state index in [9.17, 15) is 9.90 Å². The quantitative estimate of drug-likeness (QED) is 0.686. The summed E-state index contributed by atoms with van der Waals surface area (Å²) in [6.07, 6.45) is 4.83. The van der Waals surface area contributed by atoms with Gasteiger partial charge in [-0.1, -0.05) is 26.7 Å². The number of hydrogen-bond donors (Lipinski definition) is 3. The van der Waals surface area contributed by atoms with Crippen molar-refractivity contribution in [2.75, 3.05) is 26.3 Å². The molecule has 2 rings (SSSR count). The van der Waals surface area contributed by atoms with E-state index in [-0.39, 0.29) is 17.9 Å². The van der Waals surface area contributed by atoms with E-state index in [4.69, 9.17) is 4.74 Å². The van der Waals surface area contributed by atoms with Crippen LogP contribution in [0.4, 0.5) is 0 Å². The molecule has 0 aromatic rings. The van der Waals surface area contributed by atoms with Crippen molar-refractivity contribution < 1.29 is 14.6 Å². The Hall–Kier alpha value is -0.650. The zero-order valence-corrected chi connectivity index (χ0v) is 13.4. The minimum atomic E-state index is -0.723. The van der Waals surface area contributed by atoms with Gasteiger partial charge in [0, 0.05) is 12.6 Å². The van der Waals surface area contributed by atoms with Crippen LogP contribution in [-0.2, 0) is 9.53 Å². The Labute approximate surface area is 127 Å². The van der Waals surface area contributed by atoms with Crippen LogP contribution in [0, 0.1) is 11.8 Å². The lowest BCUT2D eigenvalue weighted by molar-refractivity contribution is -0.127. The van der Waals surface area contributed by atoms with Gasteiger partial charge in [-0.3, -0.25) is 4.79 Å². The van der Waals surface area contributed by atoms with Gasteiger partial charge in [0.05, 0.1) is 24.7 Å². The molecule has 122 valence electrons. The Morgan fingerprint density at radius 3 is 2.95 bits per heavy atom. The summed E-state index contributed by atoms with van der Waals surface area (Å²) in [5, 5.41) is 16.9. The molecule has 1 amide bonds. The van der Waals surface area contributed by atoms with E-state index in [1.807, 2.05) is 0 Å². The molecule has 1 heterocycles. The molecule has 1 aliphatic carbocycles. The molecule has 4 atom stereocenters. The van der Waals surface area contributed by atoms with Gasteiger partial charge >= 0.3 is 0 Å². The van der Waals surface area contributed by atoms with Crippen molar-refractivity contribution in [3.63, 3.8) is 0 Å². The maximum atomic E-state index is 12.3. The third kappa shape index (κ3) is 4.66. The lowest BCUT2D eigenvalue weighted by Crippen LogP contribution is -2.50. The first-order valence-electron chi connectivity index (χ1n) is 8.35. The van der Waals surface area contributed by atoms with E-state index < -0.39 is 5.60 Å². The minimum Gasteiger partial charge on any atom is -0.388 e. The van der Waals surface area contributed by atoms with Gasteiger partial charge in [-0.15, -0.1) is 0 Å². The van der Waals surface area contributed by atoms with Crippen LogP contribution in [0.1, 0.15) is 46.0 Å². The highest BCUT2D eigenvalue weighted by atomic mass is 16.5. The van der Waals surface area contributed by atoms with Crippen LogP contribution in [-0.4, -0.2) is 49.0 Å². The Morgan fingerprint density at radius 2 is 2.24 bits per heavy atom. The zero-order valence-electron chi connectivity index (χ0n) is 13.4. The third-order valence-corrected chi connectivity index (χ3v) is 4.73. The summed E-state index contributed by atoms with van der Waals surface area (Å²) >= 11 is 0. The maximum Gasteiger partial charge on any atom is 0.227 e. The highest BCUT2D eigenvalue weighted by molar-refractivity contribution is 5.80. The number of hydrogen-bond acceptors (Lipinski definition) is 4. The minimum absolute atomic E-state index is 0.00718. The molecule has 5 heteroatoms. The second-order valence-corrected chi connectivity index (χ2v) is 6.85. The summed E-state index contributed by atoms with van der Waals surface area (Å²) in [5.41, 5.74) is -0.723. The van der Waals surface area contributed by atoms with Gasteiger partial charge < -0.3 is 20.5 Å². The molecule has 0 radical (unpaired) electrons. The van der Waals surface area contributed by atoms with Crippen LogP contribution in [0.15, 0.2) is 0 Å². The molecule has 1 saturated heterocycles. The molecule has 1 saturated carbocycles. The van der Waals surface area contributed by atoms with Crippen molar-refractivity contribution in [2.24, 2.45) is 11.8 Å². The zero-order chi connectivity index (χ0) is 15.3. The molecular formula is C16H30N2O3. The molecule has 5 nitrogen and oxygen atoms in total. The molecule has 1 aliphatic heterocycles. The second-order valence-electron chi connectivity index (χ2n) is 6.85. The van der Waals surface area contributed by atoms with Crippen LogP contribution in [0.3, 0.4) is 0 Å². The van der Waals surface area contributed by atoms with Crippen LogP contribution in [0.25, 0.3) is 0 Å². The SMILES string of the molecule is CCCNC1COCC1C(=O)NCC1(O)CCCC(C)C1. The first-order valence-corrected chi connectivity index (χ1v) is 8.35. The average molecular weight is 298 g/mol. The van der Waals surface area contributed by atoms with Gasteiger partial charge in [0.15, 0.2) is 0 Å². The van der Waals surface area contributed by atoms with E-state index in [0.29, 0.717) is 25.7 Å². The van der Waals surface area contributed by atoms with E-state index in [0.717, 1.165) is 32.2 Å². The van der Waals surface area contributed by atoms with Crippen LogP contribution in [0.5, 0.6) is 0 Å². The Balaban J connectivity index is 1.80. The maximum absolute atomic E-state index is 12.3. The lowest BCUT2D eigenvalue weighted by atomic mass is 9.79. The lowest BCUT2D eigenvalue weighted by Gasteiger charge is -2.36. The fourth-order valence-electron chi connectivity index (χ4n) is 3.52. The summed E-state index contributed by atoms with van der Waals surface area (Å²) in [5.74, 6) is 0.406. The molecule has 3 N–H and O–H groups in total. The van der Waals surface area contributed by atoms with Gasteiger partial charge in [-0.25, -0.2) is 0 Å². The molecule has 4 unspecified atom stereocenters. The predicted octanol–water partition coefficient (Wildman–Crippen LogP) is 1.06. The molecule has 0 spiro atoms. The number of carbonyl (C=O) groups is 1. The molecule has 0 aromatic carbocycles. The molecule has 2 fully saturated rings. The topological polar surface area (TPSA) is 70.6 Å². The van der Waals surface area contributed by atoms with Gasteiger partial charge in [-0.2, -0.15) is 0 Å². The van der Waals surface area contributed by atoms with Gasteiger partial charge in [0.1, 0.15) is 0 Å². The third-order valence-electron chi connectivity index (χ3n) is 4.73. The van der Waals surface area contributed by atoms with E-state index >= 15 is 0 Å². The van der Waals surface area contributed by atoms with Crippen molar-refractivity contribution >= 4 is 5.91 Å². The normalized spacial score (nSPS) is 36.6. The fraction of sp³-hybridized carbons (Fsp3) is 0.938. The highest BCUT2D eigenvalue weighted by Crippen LogP contribution is 2.31. The number of carbonyl (C=O) groups excluding carboxylic acids is 1. The smallest absolute Gasteiger partial charge is 0.227 e. The molecule has 0 bridgehead atoms. The summed E-state index contributed by atoms with van der Waals surface area (Å²) in [6, 6.07) is 0.102. The number of nitrogens with one attached hydrogen (secondary N) is 2. The summed E-state index contributed by atoms with van der Waals surface area (Å²) in [7, 11) is 0. The Morgan fingerprint density at radius 1 is 1.43 bits per heavy atom. The first-order chi connectivity index (χ1) is 10.0. The Bertz CT molecular complexity index is 350. The highest BCUT2D eigenvalue weighted by Gasteiger charge is 2.36. The largest absolute Gasteiger partial charge is 0.388 e. The number of rotatable bonds is 6. The fourth-order valence-corrected chi connectivity index (χ4v) is 3.52. The Kier molecular flexibility index (Phi) is 6.02. The van der Waals surface area contributed by atoms with E-state index in [2.05, 4.69) is 24.5 Å². The summed E-state index contributed by atoms with van der Waals surface area (Å²) in [6.45, 7) is 6.62. The van der Waals surface area contributed by atoms with Crippen LogP contribution < -0.4 is 10.6 Å². The summed E-state index contributed by atoms with van der Waals surface area (Å²) in [4.78, 5) is 12.3. The molecular weight excluding hydrogens is 268 g/mol. The standard InChI is InChI=1S/C16H30N2O3/c1-3-7-17-14-10-21-9-13(14)15(19)18-11-16(20)6-4-5-12(2)8-16/h12-14,17,20H,3-11H2,1-2H3,(H,18,19). The van der Waals surface area contributed by atoms with Crippen molar-refractivity contribution in [1.29, 1.82) is 0 Å². The van der Waals surface area contributed by atoms with Crippen molar-refractivity contribution in [2.45, 2.75) is 57.6 Å². The number of aliphatic hydroxyl groups is 1. The van der Waals surface area contributed by atoms with Gasteiger partial charge in [0.2, 0.25) is 5.91 Å². The molecule has 21 heavy (non-hydrogen) atoms. The predicted molar refractivity (Wildman–Crippen MR) is 82.0 cm³/mol. The molecule has 2 aliphatic rings. The number of amides is 1. The van der Waals surface area contributed by atoms with Crippen molar-refractivity contribution in [1.82, 2.24) is 10.6 Å². The second kappa shape index (κ2) is 7.56.